The number of allylic oxidation sites excluding steroid dienone is 1. The molecule has 0 spiro atoms. The van der Waals surface area contributed by atoms with E-state index in [9.17, 15) is 14.7 Å². The Morgan fingerprint density at radius 1 is 1.21 bits per heavy atom. The van der Waals surface area contributed by atoms with Crippen molar-refractivity contribution in [2.45, 2.75) is 70.8 Å². The molecule has 0 fully saturated rings. The third-order valence-corrected chi connectivity index (χ3v) is 6.96. The molecule has 0 aromatic heterocycles. The van der Waals surface area contributed by atoms with Crippen LogP contribution in [-0.4, -0.2) is 36.0 Å². The smallest absolute Gasteiger partial charge is 0.310 e. The summed E-state index contributed by atoms with van der Waals surface area (Å²) in [7, 11) is 1.40. The standard InChI is InChI=1S/C26H35ClO5S/c1-3-10-25(30)32-23-18-22(28)21(14-7-6-11-19-12-9-13-20(27)17-19)26(23)33-16-8-4-5-15-24(29)31-2/h7,9,12-14,17,21-22,28H,3-6,8,10-11,15-16,18H2,1-2H3/b14-7+/t21-,22?/m0/s1. The second kappa shape index (κ2) is 15.2. The minimum atomic E-state index is -0.598. The van der Waals surface area contributed by atoms with Crippen LogP contribution in [0.5, 0.6) is 0 Å². The zero-order valence-corrected chi connectivity index (χ0v) is 21.1. The van der Waals surface area contributed by atoms with Crippen LogP contribution in [0.4, 0.5) is 0 Å². The maximum Gasteiger partial charge on any atom is 0.310 e. The molecule has 0 saturated heterocycles. The Morgan fingerprint density at radius 2 is 2.03 bits per heavy atom. The SMILES string of the molecule is CCCC(=O)OC1=C(SCCCCCC(=O)OC)[C@@H](/C=C/CCc2cccc(Cl)c2)C(O)C1. The van der Waals surface area contributed by atoms with Crippen molar-refractivity contribution in [2.75, 3.05) is 12.9 Å². The van der Waals surface area contributed by atoms with Crippen LogP contribution in [0.3, 0.4) is 0 Å². The van der Waals surface area contributed by atoms with Gasteiger partial charge in [-0.15, -0.1) is 11.8 Å². The fourth-order valence-electron chi connectivity index (χ4n) is 3.67. The monoisotopic (exact) mass is 494 g/mol. The number of carbonyl (C=O) groups is 2. The molecule has 33 heavy (non-hydrogen) atoms. The number of benzene rings is 1. The molecular weight excluding hydrogens is 460 g/mol. The number of aliphatic hydroxyl groups is 1. The number of hydrogen-bond donors (Lipinski definition) is 1. The lowest BCUT2D eigenvalue weighted by atomic mass is 10.0. The van der Waals surface area contributed by atoms with Crippen molar-refractivity contribution in [3.05, 3.63) is 57.7 Å². The fourth-order valence-corrected chi connectivity index (χ4v) is 5.17. The number of ether oxygens (including phenoxy) is 2. The Balaban J connectivity index is 1.96. The Bertz CT molecular complexity index is 836. The molecule has 2 atom stereocenters. The maximum absolute atomic E-state index is 12.1. The van der Waals surface area contributed by atoms with Gasteiger partial charge in [-0.05, 0) is 55.6 Å². The van der Waals surface area contributed by atoms with Crippen molar-refractivity contribution in [1.29, 1.82) is 0 Å². The highest BCUT2D eigenvalue weighted by molar-refractivity contribution is 8.03. The van der Waals surface area contributed by atoms with Gasteiger partial charge in [0.15, 0.2) is 0 Å². The third-order valence-electron chi connectivity index (χ3n) is 5.42. The number of hydrogen-bond acceptors (Lipinski definition) is 6. The number of halogens is 1. The highest BCUT2D eigenvalue weighted by atomic mass is 35.5. The lowest BCUT2D eigenvalue weighted by Gasteiger charge is -2.14. The highest BCUT2D eigenvalue weighted by Gasteiger charge is 2.34. The van der Waals surface area contributed by atoms with Gasteiger partial charge in [-0.1, -0.05) is 49.2 Å². The molecule has 1 N–H and O–H groups in total. The van der Waals surface area contributed by atoms with E-state index in [0.29, 0.717) is 25.0 Å². The Labute approximate surface area is 206 Å². The van der Waals surface area contributed by atoms with E-state index in [1.54, 1.807) is 11.8 Å². The first kappa shape index (κ1) is 27.5. The molecular formula is C26H35ClO5S. The number of aryl methyl sites for hydroxylation is 1. The van der Waals surface area contributed by atoms with Gasteiger partial charge >= 0.3 is 11.9 Å². The number of methoxy groups -OCH3 is 1. The van der Waals surface area contributed by atoms with Crippen molar-refractivity contribution < 1.29 is 24.2 Å². The van der Waals surface area contributed by atoms with Crippen LogP contribution in [-0.2, 0) is 25.5 Å². The van der Waals surface area contributed by atoms with Gasteiger partial charge < -0.3 is 14.6 Å². The number of carbonyl (C=O) groups excluding carboxylic acids is 2. The van der Waals surface area contributed by atoms with Crippen LogP contribution in [0, 0.1) is 5.92 Å². The predicted molar refractivity (Wildman–Crippen MR) is 134 cm³/mol. The minimum absolute atomic E-state index is 0.172. The molecule has 0 bridgehead atoms. The highest BCUT2D eigenvalue weighted by Crippen LogP contribution is 2.41. The Morgan fingerprint density at radius 3 is 2.76 bits per heavy atom. The van der Waals surface area contributed by atoms with Gasteiger partial charge in [0.05, 0.1) is 13.2 Å². The van der Waals surface area contributed by atoms with Crippen LogP contribution >= 0.6 is 23.4 Å². The van der Waals surface area contributed by atoms with Crippen molar-refractivity contribution in [2.24, 2.45) is 5.92 Å². The Hall–Kier alpha value is -1.76. The largest absolute Gasteiger partial charge is 0.469 e. The molecule has 0 radical (unpaired) electrons. The average Bonchev–Trinajstić information content (AvgIpc) is 3.07. The summed E-state index contributed by atoms with van der Waals surface area (Å²) in [6.07, 6.45) is 9.74. The number of thioether (sulfide) groups is 1. The van der Waals surface area contributed by atoms with E-state index in [4.69, 9.17) is 16.3 Å². The molecule has 1 unspecified atom stereocenters. The molecule has 1 aromatic carbocycles. The number of esters is 2. The van der Waals surface area contributed by atoms with E-state index in [2.05, 4.69) is 16.9 Å². The molecule has 1 aliphatic carbocycles. The van der Waals surface area contributed by atoms with E-state index < -0.39 is 6.10 Å². The summed E-state index contributed by atoms with van der Waals surface area (Å²) in [6, 6.07) is 7.83. The number of unbranched alkanes of at least 4 members (excludes halogenated alkanes) is 2. The summed E-state index contributed by atoms with van der Waals surface area (Å²) < 4.78 is 10.3. The number of aliphatic hydroxyl groups excluding tert-OH is 1. The van der Waals surface area contributed by atoms with Crippen LogP contribution < -0.4 is 0 Å². The van der Waals surface area contributed by atoms with Crippen LogP contribution in [0.25, 0.3) is 0 Å². The van der Waals surface area contributed by atoms with Gasteiger partial charge in [-0.2, -0.15) is 0 Å². The normalized spacial score (nSPS) is 18.2. The van der Waals surface area contributed by atoms with E-state index in [-0.39, 0.29) is 17.9 Å². The van der Waals surface area contributed by atoms with Gasteiger partial charge in [-0.3, -0.25) is 9.59 Å². The second-order valence-corrected chi connectivity index (χ2v) is 9.71. The zero-order valence-electron chi connectivity index (χ0n) is 19.6. The van der Waals surface area contributed by atoms with Crippen molar-refractivity contribution >= 4 is 35.3 Å². The summed E-state index contributed by atoms with van der Waals surface area (Å²) in [4.78, 5) is 24.3. The lowest BCUT2D eigenvalue weighted by Crippen LogP contribution is -2.13. The summed E-state index contributed by atoms with van der Waals surface area (Å²) in [6.45, 7) is 1.94. The molecule has 1 aliphatic rings. The van der Waals surface area contributed by atoms with Gasteiger partial charge in [0.2, 0.25) is 0 Å². The van der Waals surface area contributed by atoms with E-state index >= 15 is 0 Å². The molecule has 182 valence electrons. The van der Waals surface area contributed by atoms with Gasteiger partial charge in [0, 0.05) is 35.1 Å². The summed E-state index contributed by atoms with van der Waals surface area (Å²) >= 11 is 7.70. The van der Waals surface area contributed by atoms with Crippen molar-refractivity contribution in [1.82, 2.24) is 0 Å². The number of rotatable bonds is 14. The van der Waals surface area contributed by atoms with E-state index in [1.165, 1.54) is 12.7 Å². The van der Waals surface area contributed by atoms with Crippen molar-refractivity contribution in [3.8, 4) is 0 Å². The van der Waals surface area contributed by atoms with Crippen molar-refractivity contribution in [3.63, 3.8) is 0 Å². The summed E-state index contributed by atoms with van der Waals surface area (Å²) in [5.74, 6) is 0.836. The van der Waals surface area contributed by atoms with Gasteiger partial charge in [0.1, 0.15) is 5.76 Å². The Kier molecular flexibility index (Phi) is 12.7. The summed E-state index contributed by atoms with van der Waals surface area (Å²) in [5, 5.41) is 11.4. The van der Waals surface area contributed by atoms with Crippen LogP contribution in [0.15, 0.2) is 47.1 Å². The first-order chi connectivity index (χ1) is 15.9. The van der Waals surface area contributed by atoms with E-state index in [1.807, 2.05) is 31.2 Å². The topological polar surface area (TPSA) is 72.8 Å². The maximum atomic E-state index is 12.1. The zero-order chi connectivity index (χ0) is 24.1. The van der Waals surface area contributed by atoms with Crippen LogP contribution in [0.2, 0.25) is 5.02 Å². The lowest BCUT2D eigenvalue weighted by molar-refractivity contribution is -0.141. The molecule has 0 saturated carbocycles. The van der Waals surface area contributed by atoms with E-state index in [0.717, 1.165) is 54.2 Å². The first-order valence-electron chi connectivity index (χ1n) is 11.7. The molecule has 7 heteroatoms. The first-order valence-corrected chi connectivity index (χ1v) is 13.0. The third kappa shape index (κ3) is 9.95. The molecule has 0 aliphatic heterocycles. The molecule has 5 nitrogen and oxygen atoms in total. The predicted octanol–water partition coefficient (Wildman–Crippen LogP) is 6.23. The quantitative estimate of drug-likeness (QED) is 0.188. The minimum Gasteiger partial charge on any atom is -0.469 e. The fraction of sp³-hybridized carbons (Fsp3) is 0.538. The molecule has 1 aromatic rings. The average molecular weight is 495 g/mol. The van der Waals surface area contributed by atoms with Crippen LogP contribution in [0.1, 0.15) is 63.9 Å². The van der Waals surface area contributed by atoms with Gasteiger partial charge in [-0.25, -0.2) is 0 Å². The summed E-state index contributed by atoms with van der Waals surface area (Å²) in [5.41, 5.74) is 1.17. The van der Waals surface area contributed by atoms with Gasteiger partial charge in [0.25, 0.3) is 0 Å². The second-order valence-electron chi connectivity index (χ2n) is 8.14. The molecule has 0 amide bonds. The molecule has 0 heterocycles. The molecule has 2 rings (SSSR count).